The molecule has 1 atom stereocenters. The molecule has 0 bridgehead atoms. The summed E-state index contributed by atoms with van der Waals surface area (Å²) in [6.07, 6.45) is 3.72. The minimum absolute atomic E-state index is 0.364. The first-order chi connectivity index (χ1) is 9.56. The van der Waals surface area contributed by atoms with Crippen molar-refractivity contribution < 1.29 is 9.50 Å². The monoisotopic (exact) mass is 280 g/mol. The van der Waals surface area contributed by atoms with Gasteiger partial charge >= 0.3 is 0 Å². The van der Waals surface area contributed by atoms with Crippen LogP contribution in [0.1, 0.15) is 44.9 Å². The Hall–Kier alpha value is -1.00. The summed E-state index contributed by atoms with van der Waals surface area (Å²) >= 11 is 0. The second-order valence-corrected chi connectivity index (χ2v) is 6.13. The van der Waals surface area contributed by atoms with E-state index in [1.165, 1.54) is 18.9 Å². The van der Waals surface area contributed by atoms with E-state index in [2.05, 4.69) is 23.7 Å². The summed E-state index contributed by atoms with van der Waals surface area (Å²) < 4.78 is 12.8. The van der Waals surface area contributed by atoms with Crippen molar-refractivity contribution in [2.24, 2.45) is 11.8 Å². The van der Waals surface area contributed by atoms with Gasteiger partial charge in [0.2, 0.25) is 0 Å². The fourth-order valence-corrected chi connectivity index (χ4v) is 2.88. The Morgan fingerprint density at radius 1 is 1.35 bits per heavy atom. The normalized spacial score (nSPS) is 19.4. The van der Waals surface area contributed by atoms with Crippen molar-refractivity contribution >= 4 is 0 Å². The third-order valence-corrected chi connectivity index (χ3v) is 4.39. The zero-order valence-corrected chi connectivity index (χ0v) is 12.4. The van der Waals surface area contributed by atoms with E-state index in [9.17, 15) is 9.50 Å². The molecule has 0 amide bonds. The maximum Gasteiger partial charge on any atom is 0.141 e. The van der Waals surface area contributed by atoms with Gasteiger partial charge in [-0.25, -0.2) is 4.39 Å². The topological polar surface area (TPSA) is 36.4 Å². The number of likely N-dealkylation sites (tertiary alicyclic amines) is 1. The Morgan fingerprint density at radius 2 is 2.05 bits per heavy atom. The number of aliphatic hydroxyl groups is 1. The largest absolute Gasteiger partial charge is 0.387 e. The molecule has 3 nitrogen and oxygen atoms in total. The molecule has 4 heteroatoms. The number of aromatic nitrogens is 1. The lowest BCUT2D eigenvalue weighted by Crippen LogP contribution is -2.36. The predicted molar refractivity (Wildman–Crippen MR) is 77.8 cm³/mol. The van der Waals surface area contributed by atoms with Crippen LogP contribution in [0.5, 0.6) is 0 Å². The number of halogens is 1. The van der Waals surface area contributed by atoms with Gasteiger partial charge in [-0.1, -0.05) is 13.8 Å². The first-order valence-electron chi connectivity index (χ1n) is 7.58. The van der Waals surface area contributed by atoms with Gasteiger partial charge in [0.1, 0.15) is 5.82 Å². The van der Waals surface area contributed by atoms with Crippen molar-refractivity contribution in [3.05, 3.63) is 29.8 Å². The van der Waals surface area contributed by atoms with Crippen LogP contribution in [-0.4, -0.2) is 34.6 Å². The van der Waals surface area contributed by atoms with Gasteiger partial charge in [-0.3, -0.25) is 4.98 Å². The van der Waals surface area contributed by atoms with Gasteiger partial charge in [-0.2, -0.15) is 0 Å². The molecular weight excluding hydrogens is 255 g/mol. The molecule has 1 aliphatic heterocycles. The van der Waals surface area contributed by atoms with Gasteiger partial charge in [-0.05, 0) is 56.3 Å². The van der Waals surface area contributed by atoms with Crippen LogP contribution in [-0.2, 0) is 0 Å². The van der Waals surface area contributed by atoms with Crippen molar-refractivity contribution in [1.29, 1.82) is 0 Å². The molecule has 20 heavy (non-hydrogen) atoms. The number of piperidine rings is 1. The van der Waals surface area contributed by atoms with Crippen molar-refractivity contribution in [3.8, 4) is 0 Å². The Morgan fingerprint density at radius 3 is 2.60 bits per heavy atom. The SMILES string of the molecule is CC(C)C1CCN(CCC(O)c2ccc(F)cn2)CC1. The molecule has 1 N–H and O–H groups in total. The molecule has 0 aliphatic carbocycles. The van der Waals surface area contributed by atoms with E-state index < -0.39 is 6.10 Å². The average molecular weight is 280 g/mol. The van der Waals surface area contributed by atoms with Gasteiger partial charge in [0.05, 0.1) is 18.0 Å². The van der Waals surface area contributed by atoms with Crippen molar-refractivity contribution in [2.75, 3.05) is 19.6 Å². The van der Waals surface area contributed by atoms with Crippen LogP contribution in [0.3, 0.4) is 0 Å². The van der Waals surface area contributed by atoms with E-state index in [-0.39, 0.29) is 5.82 Å². The molecule has 1 aliphatic rings. The van der Waals surface area contributed by atoms with E-state index in [4.69, 9.17) is 0 Å². The van der Waals surface area contributed by atoms with E-state index >= 15 is 0 Å². The van der Waals surface area contributed by atoms with Crippen LogP contribution in [0.4, 0.5) is 4.39 Å². The van der Waals surface area contributed by atoms with Crippen LogP contribution in [0.25, 0.3) is 0 Å². The number of rotatable bonds is 5. The molecule has 0 spiro atoms. The minimum atomic E-state index is -0.599. The van der Waals surface area contributed by atoms with E-state index in [1.807, 2.05) is 0 Å². The summed E-state index contributed by atoms with van der Waals surface area (Å²) in [4.78, 5) is 6.34. The quantitative estimate of drug-likeness (QED) is 0.900. The molecule has 0 saturated carbocycles. The van der Waals surface area contributed by atoms with Crippen molar-refractivity contribution in [3.63, 3.8) is 0 Å². The maximum atomic E-state index is 12.8. The van der Waals surface area contributed by atoms with Crippen molar-refractivity contribution in [2.45, 2.75) is 39.2 Å². The average Bonchev–Trinajstić information content (AvgIpc) is 2.46. The summed E-state index contributed by atoms with van der Waals surface area (Å²) in [5.41, 5.74) is 0.559. The molecule has 2 heterocycles. The molecule has 1 saturated heterocycles. The summed E-state index contributed by atoms with van der Waals surface area (Å²) in [6, 6.07) is 2.91. The summed E-state index contributed by atoms with van der Waals surface area (Å²) in [7, 11) is 0. The van der Waals surface area contributed by atoms with Crippen LogP contribution < -0.4 is 0 Å². The lowest BCUT2D eigenvalue weighted by atomic mass is 9.86. The maximum absolute atomic E-state index is 12.8. The predicted octanol–water partition coefficient (Wildman–Crippen LogP) is 3.01. The van der Waals surface area contributed by atoms with Crippen LogP contribution in [0, 0.1) is 17.7 Å². The number of hydrogen-bond acceptors (Lipinski definition) is 3. The summed E-state index contributed by atoms with van der Waals surface area (Å²) in [5.74, 6) is 1.25. The molecular formula is C16H25FN2O. The Kier molecular flexibility index (Phi) is 5.49. The fraction of sp³-hybridized carbons (Fsp3) is 0.688. The standard InChI is InChI=1S/C16H25FN2O/c1-12(2)13-5-8-19(9-6-13)10-7-16(20)15-4-3-14(17)11-18-15/h3-4,11-13,16,20H,5-10H2,1-2H3. The first kappa shape index (κ1) is 15.4. The van der Waals surface area contributed by atoms with E-state index in [0.29, 0.717) is 12.1 Å². The molecule has 1 fully saturated rings. The first-order valence-corrected chi connectivity index (χ1v) is 7.58. The highest BCUT2D eigenvalue weighted by Gasteiger charge is 2.22. The van der Waals surface area contributed by atoms with Gasteiger partial charge in [0, 0.05) is 6.54 Å². The molecule has 1 aromatic heterocycles. The third-order valence-electron chi connectivity index (χ3n) is 4.39. The van der Waals surface area contributed by atoms with Gasteiger partial charge < -0.3 is 10.0 Å². The lowest BCUT2D eigenvalue weighted by Gasteiger charge is -2.34. The zero-order chi connectivity index (χ0) is 14.5. The summed E-state index contributed by atoms with van der Waals surface area (Å²) in [6.45, 7) is 7.71. The number of hydrogen-bond donors (Lipinski definition) is 1. The lowest BCUT2D eigenvalue weighted by molar-refractivity contribution is 0.112. The Labute approximate surface area is 120 Å². The highest BCUT2D eigenvalue weighted by Crippen LogP contribution is 2.25. The highest BCUT2D eigenvalue weighted by atomic mass is 19.1. The molecule has 0 radical (unpaired) electrons. The molecule has 1 aromatic rings. The summed E-state index contributed by atoms with van der Waals surface area (Å²) in [5, 5.41) is 10.1. The van der Waals surface area contributed by atoms with Gasteiger partial charge in [0.25, 0.3) is 0 Å². The zero-order valence-electron chi connectivity index (χ0n) is 12.4. The molecule has 2 rings (SSSR count). The minimum Gasteiger partial charge on any atom is -0.387 e. The van der Waals surface area contributed by atoms with Gasteiger partial charge in [-0.15, -0.1) is 0 Å². The fourth-order valence-electron chi connectivity index (χ4n) is 2.88. The Bertz CT molecular complexity index is 399. The van der Waals surface area contributed by atoms with Gasteiger partial charge in [0.15, 0.2) is 0 Å². The van der Waals surface area contributed by atoms with E-state index in [0.717, 1.165) is 37.7 Å². The number of pyridine rings is 1. The molecule has 1 unspecified atom stereocenters. The molecule has 112 valence electrons. The second-order valence-electron chi connectivity index (χ2n) is 6.13. The third kappa shape index (κ3) is 4.25. The molecule has 0 aromatic carbocycles. The van der Waals surface area contributed by atoms with Crippen LogP contribution in [0.15, 0.2) is 18.3 Å². The van der Waals surface area contributed by atoms with Crippen molar-refractivity contribution in [1.82, 2.24) is 9.88 Å². The smallest absolute Gasteiger partial charge is 0.141 e. The Balaban J connectivity index is 1.74. The second kappa shape index (κ2) is 7.14. The highest BCUT2D eigenvalue weighted by molar-refractivity contribution is 5.07. The van der Waals surface area contributed by atoms with E-state index in [1.54, 1.807) is 6.07 Å². The number of aliphatic hydroxyl groups excluding tert-OH is 1. The van der Waals surface area contributed by atoms with Crippen LogP contribution >= 0.6 is 0 Å². The van der Waals surface area contributed by atoms with Crippen LogP contribution in [0.2, 0.25) is 0 Å². The number of nitrogens with zero attached hydrogens (tertiary/aromatic N) is 2.